The van der Waals surface area contributed by atoms with Crippen molar-refractivity contribution in [1.82, 2.24) is 0 Å². The van der Waals surface area contributed by atoms with E-state index in [1.54, 1.807) is 11.8 Å². The second kappa shape index (κ2) is 2.42. The van der Waals surface area contributed by atoms with Crippen LogP contribution in [0.5, 0.6) is 0 Å². The van der Waals surface area contributed by atoms with Crippen LogP contribution in [-0.2, 0) is 0 Å². The Hall–Kier alpha value is 1.11. The van der Waals surface area contributed by atoms with Crippen molar-refractivity contribution in [3.63, 3.8) is 0 Å². The van der Waals surface area contributed by atoms with Crippen LogP contribution in [0.3, 0.4) is 0 Å². The fraction of sp³-hybridized carbons (Fsp3) is 1.00. The zero-order valence-corrected chi connectivity index (χ0v) is 7.66. The van der Waals surface area contributed by atoms with Crippen LogP contribution < -0.4 is 5.73 Å². The van der Waals surface area contributed by atoms with Crippen molar-refractivity contribution in [2.24, 2.45) is 5.73 Å². The summed E-state index contributed by atoms with van der Waals surface area (Å²) in [4.78, 5) is 0. The average molecular weight is 209 g/mol. The standard InChI is InChI=1S/C3H8NS.Sn/c1-3(4)5-2;/h4H2,1-2H3;/q;+3. The van der Waals surface area contributed by atoms with E-state index in [9.17, 15) is 0 Å². The molecule has 0 radical (unpaired) electrons. The molecule has 1 unspecified atom stereocenters. The normalized spacial score (nSPS) is 20.2. The molecule has 1 nitrogen and oxygen atoms in total. The molecule has 0 aromatic heterocycles. The quantitative estimate of drug-likeness (QED) is 0.491. The van der Waals surface area contributed by atoms with E-state index >= 15 is 0 Å². The Morgan fingerprint density at radius 3 is 2.00 bits per heavy atom. The number of hydrogen-bond acceptors (Lipinski definition) is 2. The Kier molecular flexibility index (Phi) is 2.87. The fourth-order valence-electron chi connectivity index (χ4n) is 0. The first-order valence-electron chi connectivity index (χ1n) is 1.65. The Balaban J connectivity index is 3.17. The predicted octanol–water partition coefficient (Wildman–Crippen LogP) is 0.150. The molecule has 0 rings (SSSR count). The molecular formula is C3H8NSSn+3. The van der Waals surface area contributed by atoms with Crippen LogP contribution >= 0.6 is 11.8 Å². The summed E-state index contributed by atoms with van der Waals surface area (Å²) >= 11 is 3.09. The minimum atomic E-state index is 0.0483. The molecule has 0 aromatic rings. The van der Waals surface area contributed by atoms with Crippen LogP contribution in [0.2, 0.25) is 0 Å². The van der Waals surface area contributed by atoms with Gasteiger partial charge in [-0.25, -0.2) is 0 Å². The Morgan fingerprint density at radius 1 is 1.83 bits per heavy atom. The molecule has 2 N–H and O–H groups in total. The van der Waals surface area contributed by atoms with Gasteiger partial charge in [-0.1, -0.05) is 0 Å². The average Bonchev–Trinajstić information content (AvgIpc) is 1.35. The van der Waals surface area contributed by atoms with Crippen molar-refractivity contribution in [2.75, 3.05) is 6.26 Å². The summed E-state index contributed by atoms with van der Waals surface area (Å²) < 4.78 is 0.0483. The van der Waals surface area contributed by atoms with Crippen molar-refractivity contribution in [3.8, 4) is 0 Å². The van der Waals surface area contributed by atoms with Crippen molar-refractivity contribution in [1.29, 1.82) is 0 Å². The van der Waals surface area contributed by atoms with Crippen LogP contribution in [-0.4, -0.2) is 31.7 Å². The van der Waals surface area contributed by atoms with Gasteiger partial charge in [0.2, 0.25) is 0 Å². The van der Waals surface area contributed by atoms with E-state index in [-0.39, 0.29) is 2.89 Å². The number of rotatable bonds is 1. The molecule has 0 aliphatic carbocycles. The van der Waals surface area contributed by atoms with Crippen LogP contribution in [0.15, 0.2) is 0 Å². The molecule has 0 bridgehead atoms. The van der Waals surface area contributed by atoms with Crippen LogP contribution in [0.25, 0.3) is 0 Å². The maximum absolute atomic E-state index is 5.54. The predicted molar refractivity (Wildman–Crippen MR) is 31.9 cm³/mol. The van der Waals surface area contributed by atoms with Gasteiger partial charge < -0.3 is 0 Å². The molecule has 0 aliphatic rings. The van der Waals surface area contributed by atoms with Gasteiger partial charge in [-0.2, -0.15) is 0 Å². The van der Waals surface area contributed by atoms with Gasteiger partial charge in [-0.15, -0.1) is 0 Å². The van der Waals surface area contributed by atoms with Gasteiger partial charge in [0.05, 0.1) is 0 Å². The summed E-state index contributed by atoms with van der Waals surface area (Å²) in [5.41, 5.74) is 5.54. The molecule has 32 valence electrons. The Labute approximate surface area is 56.1 Å². The zero-order chi connectivity index (χ0) is 5.21. The van der Waals surface area contributed by atoms with Gasteiger partial charge in [0.25, 0.3) is 0 Å². The monoisotopic (exact) mass is 210 g/mol. The van der Waals surface area contributed by atoms with Crippen LogP contribution in [0.1, 0.15) is 6.92 Å². The summed E-state index contributed by atoms with van der Waals surface area (Å²) in [5, 5.41) is 0. The van der Waals surface area contributed by atoms with Crippen molar-refractivity contribution in [3.05, 3.63) is 0 Å². The third-order valence-corrected chi connectivity index (χ3v) is 3.02. The topological polar surface area (TPSA) is 26.0 Å². The maximum atomic E-state index is 5.54. The van der Waals surface area contributed by atoms with E-state index in [0.29, 0.717) is 0 Å². The molecule has 0 amide bonds. The third-order valence-electron chi connectivity index (χ3n) is 0.424. The van der Waals surface area contributed by atoms with Gasteiger partial charge in [0.1, 0.15) is 0 Å². The molecule has 0 heterocycles. The van der Waals surface area contributed by atoms with Gasteiger partial charge >= 0.3 is 56.1 Å². The fourth-order valence-corrected chi connectivity index (χ4v) is 0. The summed E-state index contributed by atoms with van der Waals surface area (Å²) in [5.74, 6) is 0. The first kappa shape index (κ1) is 7.11. The first-order valence-corrected chi connectivity index (χ1v) is 4.30. The molecule has 0 saturated heterocycles. The van der Waals surface area contributed by atoms with E-state index in [1.165, 1.54) is 22.5 Å². The molecule has 1 atom stereocenters. The SMILES string of the molecule is CS[C](C)(N)[Sn+3]. The molecule has 0 aromatic carbocycles. The molecule has 0 aliphatic heterocycles. The molecule has 0 saturated carbocycles. The van der Waals surface area contributed by atoms with Crippen molar-refractivity contribution < 1.29 is 0 Å². The van der Waals surface area contributed by atoms with E-state index in [2.05, 4.69) is 0 Å². The second-order valence-electron chi connectivity index (χ2n) is 1.31. The summed E-state index contributed by atoms with van der Waals surface area (Å²) in [6.07, 6.45) is 2.02. The van der Waals surface area contributed by atoms with E-state index in [0.717, 1.165) is 0 Å². The Morgan fingerprint density at radius 2 is 2.00 bits per heavy atom. The Bertz CT molecular complexity index is 40.5. The molecule has 0 spiro atoms. The summed E-state index contributed by atoms with van der Waals surface area (Å²) in [7, 11) is 0. The van der Waals surface area contributed by atoms with Crippen LogP contribution in [0.4, 0.5) is 0 Å². The molecule has 3 heteroatoms. The van der Waals surface area contributed by atoms with E-state index in [1.807, 2.05) is 13.2 Å². The zero-order valence-electron chi connectivity index (χ0n) is 3.99. The van der Waals surface area contributed by atoms with Crippen molar-refractivity contribution in [2.45, 2.75) is 9.81 Å². The first-order chi connectivity index (χ1) is 2.56. The van der Waals surface area contributed by atoms with E-state index in [4.69, 9.17) is 5.73 Å². The summed E-state index contributed by atoms with van der Waals surface area (Å²) in [6, 6.07) is 0. The van der Waals surface area contributed by atoms with E-state index < -0.39 is 0 Å². The number of hydrogen-bond donors (Lipinski definition) is 1. The minimum absolute atomic E-state index is 0.0483. The van der Waals surface area contributed by atoms with Gasteiger partial charge in [0, 0.05) is 0 Å². The second-order valence-corrected chi connectivity index (χ2v) is 6.57. The summed E-state index contributed by atoms with van der Waals surface area (Å²) in [6.45, 7) is 2.02. The van der Waals surface area contributed by atoms with Gasteiger partial charge in [-0.05, 0) is 0 Å². The number of nitrogens with two attached hydrogens (primary N) is 1. The third kappa shape index (κ3) is 5.11. The molecule has 6 heavy (non-hydrogen) atoms. The molecular weight excluding hydrogens is 201 g/mol. The molecule has 0 fully saturated rings. The van der Waals surface area contributed by atoms with Gasteiger partial charge in [0.15, 0.2) is 0 Å². The van der Waals surface area contributed by atoms with Gasteiger partial charge in [-0.3, -0.25) is 0 Å². The van der Waals surface area contributed by atoms with Crippen LogP contribution in [0, 0.1) is 0 Å². The van der Waals surface area contributed by atoms with Crippen molar-refractivity contribution >= 4 is 34.3 Å². The number of thioether (sulfide) groups is 1.